The van der Waals surface area contributed by atoms with Crippen LogP contribution in [-0.2, 0) is 0 Å². The zero-order valence-electron chi connectivity index (χ0n) is 6.59. The molecule has 0 N–H and O–H groups in total. The van der Waals surface area contributed by atoms with E-state index in [9.17, 15) is 0 Å². The zero-order valence-corrected chi connectivity index (χ0v) is 6.59. The van der Waals surface area contributed by atoms with Crippen molar-refractivity contribution in [3.63, 3.8) is 0 Å². The Kier molecular flexibility index (Phi) is 2.43. The van der Waals surface area contributed by atoms with Crippen molar-refractivity contribution in [1.29, 1.82) is 0 Å². The van der Waals surface area contributed by atoms with E-state index in [-0.39, 0.29) is 0 Å². The summed E-state index contributed by atoms with van der Waals surface area (Å²) in [5, 5.41) is 0. The molecule has 1 rings (SSSR count). The predicted molar refractivity (Wildman–Crippen MR) is 45.5 cm³/mol. The SMILES string of the molecule is CC1=CCN=CCC(C)=C1. The van der Waals surface area contributed by atoms with E-state index in [1.807, 2.05) is 6.21 Å². The Labute approximate surface area is 62.2 Å². The quantitative estimate of drug-likeness (QED) is 0.483. The second-order valence-electron chi connectivity index (χ2n) is 2.69. The van der Waals surface area contributed by atoms with Crippen molar-refractivity contribution in [2.75, 3.05) is 6.54 Å². The van der Waals surface area contributed by atoms with Gasteiger partial charge in [-0.25, -0.2) is 0 Å². The van der Waals surface area contributed by atoms with Crippen LogP contribution in [0.3, 0.4) is 0 Å². The molecule has 0 aromatic heterocycles. The fourth-order valence-corrected chi connectivity index (χ4v) is 0.986. The molecule has 0 aromatic rings. The monoisotopic (exact) mass is 135 g/mol. The van der Waals surface area contributed by atoms with E-state index in [2.05, 4.69) is 31.0 Å². The molecule has 1 heteroatoms. The molecule has 54 valence electrons. The van der Waals surface area contributed by atoms with Crippen molar-refractivity contribution in [2.24, 2.45) is 4.99 Å². The number of allylic oxidation sites excluding steroid dienone is 3. The van der Waals surface area contributed by atoms with Crippen LogP contribution in [0.5, 0.6) is 0 Å². The molecule has 0 fully saturated rings. The minimum atomic E-state index is 0.843. The molecule has 0 unspecified atom stereocenters. The largest absolute Gasteiger partial charge is 0.293 e. The van der Waals surface area contributed by atoms with E-state index in [4.69, 9.17) is 0 Å². The molecule has 0 saturated heterocycles. The zero-order chi connectivity index (χ0) is 7.40. The highest BCUT2D eigenvalue weighted by Crippen LogP contribution is 2.06. The van der Waals surface area contributed by atoms with Crippen molar-refractivity contribution in [3.8, 4) is 0 Å². The molecule has 1 heterocycles. The van der Waals surface area contributed by atoms with Crippen LogP contribution >= 0.6 is 0 Å². The molecule has 0 aromatic carbocycles. The Morgan fingerprint density at radius 1 is 1.40 bits per heavy atom. The Bertz CT molecular complexity index is 197. The third-order valence-corrected chi connectivity index (χ3v) is 1.54. The fraction of sp³-hybridized carbons (Fsp3) is 0.444. The van der Waals surface area contributed by atoms with Crippen LogP contribution in [0.4, 0.5) is 0 Å². The maximum Gasteiger partial charge on any atom is 0.0572 e. The minimum Gasteiger partial charge on any atom is -0.293 e. The second kappa shape index (κ2) is 3.35. The van der Waals surface area contributed by atoms with Crippen LogP contribution in [0.15, 0.2) is 28.3 Å². The van der Waals surface area contributed by atoms with Gasteiger partial charge in [0.15, 0.2) is 0 Å². The van der Waals surface area contributed by atoms with E-state index in [1.54, 1.807) is 0 Å². The van der Waals surface area contributed by atoms with E-state index < -0.39 is 0 Å². The lowest BCUT2D eigenvalue weighted by atomic mass is 10.1. The normalized spacial score (nSPS) is 19.0. The predicted octanol–water partition coefficient (Wildman–Crippen LogP) is 2.35. The molecule has 0 spiro atoms. The number of nitrogens with zero attached hydrogens (tertiary/aromatic N) is 1. The molecular formula is C9H13N. The molecule has 10 heavy (non-hydrogen) atoms. The highest BCUT2D eigenvalue weighted by atomic mass is 14.7. The molecular weight excluding hydrogens is 122 g/mol. The molecule has 0 amide bonds. The number of hydrogen-bond donors (Lipinski definition) is 0. The highest BCUT2D eigenvalue weighted by Gasteiger charge is 1.90. The summed E-state index contributed by atoms with van der Waals surface area (Å²) in [6.07, 6.45) is 7.34. The smallest absolute Gasteiger partial charge is 0.0572 e. The van der Waals surface area contributed by atoms with Crippen LogP contribution in [0.2, 0.25) is 0 Å². The minimum absolute atomic E-state index is 0.843. The molecule has 0 saturated carbocycles. The summed E-state index contributed by atoms with van der Waals surface area (Å²) in [6, 6.07) is 0. The summed E-state index contributed by atoms with van der Waals surface area (Å²) < 4.78 is 0. The first kappa shape index (κ1) is 7.26. The summed E-state index contributed by atoms with van der Waals surface area (Å²) in [5.41, 5.74) is 2.71. The van der Waals surface area contributed by atoms with Gasteiger partial charge in [0.2, 0.25) is 0 Å². The second-order valence-corrected chi connectivity index (χ2v) is 2.69. The molecule has 0 radical (unpaired) electrons. The van der Waals surface area contributed by atoms with Crippen molar-refractivity contribution >= 4 is 6.21 Å². The van der Waals surface area contributed by atoms with Crippen LogP contribution in [0.25, 0.3) is 0 Å². The van der Waals surface area contributed by atoms with Crippen molar-refractivity contribution < 1.29 is 0 Å². The van der Waals surface area contributed by atoms with Gasteiger partial charge in [-0.3, -0.25) is 4.99 Å². The van der Waals surface area contributed by atoms with Crippen LogP contribution < -0.4 is 0 Å². The van der Waals surface area contributed by atoms with E-state index >= 15 is 0 Å². The summed E-state index contributed by atoms with van der Waals surface area (Å²) in [5.74, 6) is 0. The van der Waals surface area contributed by atoms with E-state index in [0.29, 0.717) is 0 Å². The molecule has 1 aliphatic rings. The first-order valence-corrected chi connectivity index (χ1v) is 3.61. The lowest BCUT2D eigenvalue weighted by molar-refractivity contribution is 1.16. The average Bonchev–Trinajstić information content (AvgIpc) is 1.83. The Balaban J connectivity index is 2.77. The fourth-order valence-electron chi connectivity index (χ4n) is 0.986. The van der Waals surface area contributed by atoms with Crippen molar-refractivity contribution in [1.82, 2.24) is 0 Å². The van der Waals surface area contributed by atoms with Gasteiger partial charge >= 0.3 is 0 Å². The highest BCUT2D eigenvalue weighted by molar-refractivity contribution is 5.61. The molecule has 1 nitrogen and oxygen atoms in total. The number of rotatable bonds is 0. The molecule has 0 aliphatic carbocycles. The molecule has 0 atom stereocenters. The standard InChI is InChI=1S/C9H13N/c1-8-3-5-10-6-4-9(2)7-8/h3,6-7H,4-5H2,1-2H3. The topological polar surface area (TPSA) is 12.4 Å². The van der Waals surface area contributed by atoms with Crippen LogP contribution in [0.1, 0.15) is 20.3 Å². The van der Waals surface area contributed by atoms with Gasteiger partial charge in [-0.1, -0.05) is 23.3 Å². The van der Waals surface area contributed by atoms with Gasteiger partial charge in [-0.2, -0.15) is 0 Å². The first-order chi connectivity index (χ1) is 4.79. The maximum absolute atomic E-state index is 4.19. The third kappa shape index (κ3) is 2.18. The Hall–Kier alpha value is -0.850. The van der Waals surface area contributed by atoms with Gasteiger partial charge in [-0.05, 0) is 13.8 Å². The van der Waals surface area contributed by atoms with Gasteiger partial charge < -0.3 is 0 Å². The maximum atomic E-state index is 4.19. The summed E-state index contributed by atoms with van der Waals surface area (Å²) in [6.45, 7) is 5.09. The average molecular weight is 135 g/mol. The molecule has 0 bridgehead atoms. The van der Waals surface area contributed by atoms with Gasteiger partial charge in [0.1, 0.15) is 0 Å². The lowest BCUT2D eigenvalue weighted by Crippen LogP contribution is -1.87. The summed E-state index contributed by atoms with van der Waals surface area (Å²) in [4.78, 5) is 4.19. The van der Waals surface area contributed by atoms with Crippen molar-refractivity contribution in [2.45, 2.75) is 20.3 Å². The summed E-state index contributed by atoms with van der Waals surface area (Å²) >= 11 is 0. The van der Waals surface area contributed by atoms with Gasteiger partial charge in [0.05, 0.1) is 6.54 Å². The van der Waals surface area contributed by atoms with Crippen LogP contribution in [0, 0.1) is 0 Å². The van der Waals surface area contributed by atoms with Gasteiger partial charge in [0.25, 0.3) is 0 Å². The van der Waals surface area contributed by atoms with Gasteiger partial charge in [0, 0.05) is 12.6 Å². The third-order valence-electron chi connectivity index (χ3n) is 1.54. The van der Waals surface area contributed by atoms with E-state index in [0.717, 1.165) is 13.0 Å². The first-order valence-electron chi connectivity index (χ1n) is 3.61. The summed E-state index contributed by atoms with van der Waals surface area (Å²) in [7, 11) is 0. The number of aliphatic imine (C=N–C) groups is 1. The Morgan fingerprint density at radius 3 is 3.00 bits per heavy atom. The van der Waals surface area contributed by atoms with Crippen molar-refractivity contribution in [3.05, 3.63) is 23.3 Å². The lowest BCUT2D eigenvalue weighted by Gasteiger charge is -1.99. The molecule has 1 aliphatic heterocycles. The van der Waals surface area contributed by atoms with E-state index in [1.165, 1.54) is 11.1 Å². The Morgan fingerprint density at radius 2 is 2.20 bits per heavy atom. The van der Waals surface area contributed by atoms with Gasteiger partial charge in [-0.15, -0.1) is 0 Å². The van der Waals surface area contributed by atoms with Crippen LogP contribution in [-0.4, -0.2) is 12.8 Å². The number of hydrogen-bond acceptors (Lipinski definition) is 1.